The van der Waals surface area contributed by atoms with Crippen molar-refractivity contribution in [1.82, 2.24) is 14.8 Å². The first-order valence-corrected chi connectivity index (χ1v) is 15.3. The molecule has 1 fully saturated rings. The highest BCUT2D eigenvalue weighted by molar-refractivity contribution is 7.70. The topological polar surface area (TPSA) is 196 Å². The van der Waals surface area contributed by atoms with Gasteiger partial charge in [0.1, 0.15) is 24.1 Å². The van der Waals surface area contributed by atoms with Gasteiger partial charge in [0.05, 0.1) is 24.2 Å². The Hall–Kier alpha value is -2.25. The lowest BCUT2D eigenvalue weighted by Gasteiger charge is -2.19. The second-order valence-corrected chi connectivity index (χ2v) is 13.5. The van der Waals surface area contributed by atoms with Gasteiger partial charge in [0.25, 0.3) is 0 Å². The maximum absolute atomic E-state index is 13.6. The van der Waals surface area contributed by atoms with Gasteiger partial charge < -0.3 is 39.5 Å². The minimum absolute atomic E-state index is 0.0575. The van der Waals surface area contributed by atoms with Crippen LogP contribution in [0.4, 0.5) is 10.1 Å². The van der Waals surface area contributed by atoms with E-state index in [1.165, 1.54) is 23.0 Å². The normalized spacial score (nSPS) is 27.0. The number of ether oxygens (including phenoxy) is 1. The number of aliphatic hydroxyl groups is 2. The second-order valence-electron chi connectivity index (χ2n) is 9.50. The Balaban J connectivity index is 1.37. The van der Waals surface area contributed by atoms with Gasteiger partial charge in [0.15, 0.2) is 17.8 Å². The third-order valence-corrected chi connectivity index (χ3v) is 10.0. The number of halogens is 1. The van der Waals surface area contributed by atoms with Crippen molar-refractivity contribution in [3.63, 3.8) is 0 Å². The summed E-state index contributed by atoms with van der Waals surface area (Å²) in [5, 5.41) is 29.5. The molecule has 3 unspecified atom stereocenters. The maximum atomic E-state index is 13.6. The standard InChI is InChI=1S/C22H27FN4O9P2/c1-11-6-17(26-16-5-2-12-7-13(23)3-4-14(12)16)15-8-24-27(21(15)25-11)22-20(29)19(28)18(36-22)9-35-38(33,34)10-37(30,31)32/h3-4,6-8,16,18-20,22,28-29H,2,5,9-10H2,1H3,(H,25,26)(H,33,34)(H2,30,31,32)/t16-,18-,19?,20?,22-/m1/s1. The molecule has 6 N–H and O–H groups in total. The smallest absolute Gasteiger partial charge is 0.340 e. The lowest BCUT2D eigenvalue weighted by Crippen LogP contribution is -2.33. The van der Waals surface area contributed by atoms with Crippen molar-refractivity contribution < 1.29 is 47.7 Å². The second kappa shape index (κ2) is 10.1. The van der Waals surface area contributed by atoms with Crippen molar-refractivity contribution in [2.45, 2.75) is 50.3 Å². The van der Waals surface area contributed by atoms with Crippen LogP contribution in [0.3, 0.4) is 0 Å². The van der Waals surface area contributed by atoms with Crippen LogP contribution in [0, 0.1) is 12.7 Å². The molecule has 1 aliphatic carbocycles. The highest BCUT2D eigenvalue weighted by Crippen LogP contribution is 2.55. The Morgan fingerprint density at radius 1 is 1.21 bits per heavy atom. The van der Waals surface area contributed by atoms with Crippen molar-refractivity contribution in [1.29, 1.82) is 0 Å². The number of rotatable bonds is 8. The number of aliphatic hydroxyl groups excluding tert-OH is 2. The molecule has 0 amide bonds. The molecule has 3 aromatic rings. The van der Waals surface area contributed by atoms with Crippen LogP contribution in [0.2, 0.25) is 0 Å². The van der Waals surface area contributed by atoms with Gasteiger partial charge in [-0.2, -0.15) is 5.10 Å². The van der Waals surface area contributed by atoms with Gasteiger partial charge >= 0.3 is 15.2 Å². The van der Waals surface area contributed by atoms with Gasteiger partial charge in [-0.1, -0.05) is 6.07 Å². The largest absolute Gasteiger partial charge is 0.387 e. The van der Waals surface area contributed by atoms with E-state index in [1.54, 1.807) is 13.0 Å². The van der Waals surface area contributed by atoms with Gasteiger partial charge in [-0.25, -0.2) is 14.1 Å². The van der Waals surface area contributed by atoms with E-state index >= 15 is 0 Å². The molecule has 0 saturated carbocycles. The fraction of sp³-hybridized carbons (Fsp3) is 0.455. The lowest BCUT2D eigenvalue weighted by atomic mass is 10.1. The average Bonchev–Trinajstić information content (AvgIpc) is 3.47. The number of nitrogens with zero attached hydrogens (tertiary/aromatic N) is 3. The molecule has 206 valence electrons. The zero-order valence-electron chi connectivity index (χ0n) is 20.1. The van der Waals surface area contributed by atoms with Gasteiger partial charge in [-0.05, 0) is 49.1 Å². The van der Waals surface area contributed by atoms with Crippen molar-refractivity contribution in [3.8, 4) is 0 Å². The monoisotopic (exact) mass is 572 g/mol. The predicted octanol–water partition coefficient (Wildman–Crippen LogP) is 1.93. The molecule has 2 aliphatic rings. The minimum Gasteiger partial charge on any atom is -0.387 e. The quantitative estimate of drug-likeness (QED) is 0.215. The van der Waals surface area contributed by atoms with Crippen LogP contribution in [-0.4, -0.2) is 70.5 Å². The van der Waals surface area contributed by atoms with E-state index in [0.717, 1.165) is 24.0 Å². The third kappa shape index (κ3) is 5.55. The number of anilines is 1. The van der Waals surface area contributed by atoms with E-state index in [9.17, 15) is 28.6 Å². The molecule has 2 aromatic heterocycles. The van der Waals surface area contributed by atoms with E-state index in [-0.39, 0.29) is 11.9 Å². The number of benzene rings is 1. The summed E-state index contributed by atoms with van der Waals surface area (Å²) in [6, 6.07) is 6.51. The number of nitrogens with one attached hydrogen (secondary N) is 1. The molecule has 3 heterocycles. The first kappa shape index (κ1) is 27.3. The Morgan fingerprint density at radius 3 is 2.71 bits per heavy atom. The van der Waals surface area contributed by atoms with Crippen LogP contribution in [0.1, 0.15) is 35.5 Å². The molecule has 0 radical (unpaired) electrons. The van der Waals surface area contributed by atoms with Crippen LogP contribution in [0.25, 0.3) is 11.0 Å². The summed E-state index contributed by atoms with van der Waals surface area (Å²) < 4.78 is 48.4. The summed E-state index contributed by atoms with van der Waals surface area (Å²) in [4.78, 5) is 32.1. The van der Waals surface area contributed by atoms with E-state index in [0.29, 0.717) is 22.4 Å². The maximum Gasteiger partial charge on any atom is 0.340 e. The Labute approximate surface area is 215 Å². The molecule has 13 nitrogen and oxygen atoms in total. The number of aromatic nitrogens is 3. The molecule has 0 bridgehead atoms. The highest BCUT2D eigenvalue weighted by Gasteiger charge is 2.46. The van der Waals surface area contributed by atoms with Crippen molar-refractivity contribution >= 4 is 31.9 Å². The van der Waals surface area contributed by atoms with Gasteiger partial charge in [0.2, 0.25) is 0 Å². The van der Waals surface area contributed by atoms with Crippen molar-refractivity contribution in [3.05, 3.63) is 53.1 Å². The predicted molar refractivity (Wildman–Crippen MR) is 132 cm³/mol. The number of aryl methyl sites for hydroxylation is 2. The van der Waals surface area contributed by atoms with Crippen LogP contribution in [0.15, 0.2) is 30.5 Å². The first-order valence-electron chi connectivity index (χ1n) is 11.7. The molecule has 0 spiro atoms. The Kier molecular flexibility index (Phi) is 7.23. The van der Waals surface area contributed by atoms with Gasteiger partial charge in [0, 0.05) is 11.4 Å². The van der Waals surface area contributed by atoms with Gasteiger partial charge in [-0.3, -0.25) is 9.13 Å². The zero-order chi connectivity index (χ0) is 27.4. The zero-order valence-corrected chi connectivity index (χ0v) is 21.9. The summed E-state index contributed by atoms with van der Waals surface area (Å²) in [5.41, 5.74) is 3.63. The van der Waals surface area contributed by atoms with Crippen molar-refractivity contribution in [2.24, 2.45) is 0 Å². The van der Waals surface area contributed by atoms with Crippen LogP contribution >= 0.6 is 15.2 Å². The van der Waals surface area contributed by atoms with E-state index < -0.39 is 52.2 Å². The SMILES string of the molecule is Cc1cc(N[C@@H]2CCc3cc(F)ccc32)c2cnn([C@@H]3O[C@H](COP(=O)(O)CP(=O)(O)O)C(O)C3O)c2n1. The highest BCUT2D eigenvalue weighted by atomic mass is 31.2. The van der Waals surface area contributed by atoms with E-state index in [2.05, 4.69) is 15.4 Å². The molecular formula is C22H27FN4O9P2. The summed E-state index contributed by atoms with van der Waals surface area (Å²) in [6.45, 7) is 1.07. The molecule has 1 aromatic carbocycles. The van der Waals surface area contributed by atoms with Crippen LogP contribution in [-0.2, 0) is 24.8 Å². The molecule has 5 rings (SSSR count). The molecular weight excluding hydrogens is 545 g/mol. The van der Waals surface area contributed by atoms with Gasteiger partial charge in [-0.15, -0.1) is 0 Å². The Bertz CT molecular complexity index is 1460. The number of pyridine rings is 1. The lowest BCUT2D eigenvalue weighted by molar-refractivity contribution is -0.0541. The molecule has 16 heteroatoms. The van der Waals surface area contributed by atoms with Crippen LogP contribution < -0.4 is 5.32 Å². The molecule has 1 saturated heterocycles. The fourth-order valence-electron chi connectivity index (χ4n) is 4.90. The number of hydrogen-bond acceptors (Lipinski definition) is 9. The first-order chi connectivity index (χ1) is 17.8. The summed E-state index contributed by atoms with van der Waals surface area (Å²) in [5.74, 6) is -1.67. The molecule has 38 heavy (non-hydrogen) atoms. The molecule has 6 atom stereocenters. The Morgan fingerprint density at radius 2 is 1.97 bits per heavy atom. The van der Waals surface area contributed by atoms with E-state index in [1.807, 2.05) is 6.07 Å². The minimum atomic E-state index is -4.83. The average molecular weight is 572 g/mol. The van der Waals surface area contributed by atoms with Crippen LogP contribution in [0.5, 0.6) is 0 Å². The molecule has 1 aliphatic heterocycles. The summed E-state index contributed by atoms with van der Waals surface area (Å²) in [6.07, 6.45) is -2.55. The van der Waals surface area contributed by atoms with Crippen molar-refractivity contribution in [2.75, 3.05) is 17.8 Å². The summed E-state index contributed by atoms with van der Waals surface area (Å²) >= 11 is 0. The van der Waals surface area contributed by atoms with E-state index in [4.69, 9.17) is 19.0 Å². The fourth-order valence-corrected chi connectivity index (χ4v) is 7.47. The summed E-state index contributed by atoms with van der Waals surface area (Å²) in [7, 11) is -9.52. The third-order valence-electron chi connectivity index (χ3n) is 6.59. The number of hydrogen-bond donors (Lipinski definition) is 6. The number of fused-ring (bicyclic) bond motifs is 2.